The molecule has 2 aliphatic heterocycles. The minimum absolute atomic E-state index is 0.296. The SMILES string of the molecule is CC1=c2ccc(B3OC(C)(C)C(C)(C)O3)cc2=NC1. The fourth-order valence-electron chi connectivity index (χ4n) is 2.46. The van der Waals surface area contributed by atoms with Crippen molar-refractivity contribution in [3.05, 3.63) is 28.8 Å². The van der Waals surface area contributed by atoms with Crippen molar-refractivity contribution in [2.75, 3.05) is 6.54 Å². The molecular formula is C15H20BNO2. The smallest absolute Gasteiger partial charge is 0.399 e. The summed E-state index contributed by atoms with van der Waals surface area (Å²) in [5.41, 5.74) is 1.79. The van der Waals surface area contributed by atoms with Gasteiger partial charge < -0.3 is 9.31 Å². The summed E-state index contributed by atoms with van der Waals surface area (Å²) in [6, 6.07) is 6.31. The summed E-state index contributed by atoms with van der Waals surface area (Å²) >= 11 is 0. The van der Waals surface area contributed by atoms with Crippen molar-refractivity contribution in [2.45, 2.75) is 45.8 Å². The maximum absolute atomic E-state index is 6.07. The van der Waals surface area contributed by atoms with E-state index in [2.05, 4.69) is 57.8 Å². The van der Waals surface area contributed by atoms with Gasteiger partial charge in [0.05, 0.1) is 23.1 Å². The van der Waals surface area contributed by atoms with Crippen LogP contribution in [-0.4, -0.2) is 24.9 Å². The van der Waals surface area contributed by atoms with E-state index < -0.39 is 0 Å². The highest BCUT2D eigenvalue weighted by Gasteiger charge is 2.51. The van der Waals surface area contributed by atoms with E-state index in [1.165, 1.54) is 10.8 Å². The number of hydrogen-bond donors (Lipinski definition) is 0. The fourth-order valence-corrected chi connectivity index (χ4v) is 2.46. The lowest BCUT2D eigenvalue weighted by Gasteiger charge is -2.32. The van der Waals surface area contributed by atoms with Crippen molar-refractivity contribution in [1.82, 2.24) is 0 Å². The Balaban J connectivity index is 1.99. The van der Waals surface area contributed by atoms with Crippen LogP contribution in [0.25, 0.3) is 5.57 Å². The molecule has 2 aliphatic rings. The lowest BCUT2D eigenvalue weighted by molar-refractivity contribution is 0.00578. The van der Waals surface area contributed by atoms with Crippen LogP contribution in [0.5, 0.6) is 0 Å². The summed E-state index contributed by atoms with van der Waals surface area (Å²) in [6.07, 6.45) is 0. The third kappa shape index (κ3) is 1.94. The quantitative estimate of drug-likeness (QED) is 0.696. The van der Waals surface area contributed by atoms with E-state index in [0.29, 0.717) is 0 Å². The molecule has 0 radical (unpaired) electrons. The molecule has 0 amide bonds. The van der Waals surface area contributed by atoms with E-state index in [4.69, 9.17) is 9.31 Å². The number of fused-ring (bicyclic) bond motifs is 1. The second kappa shape index (κ2) is 3.93. The summed E-state index contributed by atoms with van der Waals surface area (Å²) in [5.74, 6) is 0. The Morgan fingerprint density at radius 3 is 2.37 bits per heavy atom. The Kier molecular flexibility index (Phi) is 2.67. The number of nitrogens with zero attached hydrogens (tertiary/aromatic N) is 1. The van der Waals surface area contributed by atoms with Gasteiger partial charge in [0.2, 0.25) is 0 Å². The van der Waals surface area contributed by atoms with Gasteiger partial charge in [-0.25, -0.2) is 0 Å². The molecule has 0 aromatic heterocycles. The van der Waals surface area contributed by atoms with Gasteiger partial charge in [0.25, 0.3) is 0 Å². The molecule has 0 unspecified atom stereocenters. The van der Waals surface area contributed by atoms with E-state index in [-0.39, 0.29) is 18.3 Å². The van der Waals surface area contributed by atoms with Crippen LogP contribution in [-0.2, 0) is 9.31 Å². The molecule has 2 heterocycles. The first kappa shape index (κ1) is 12.9. The number of hydrogen-bond acceptors (Lipinski definition) is 3. The van der Waals surface area contributed by atoms with E-state index in [0.717, 1.165) is 17.4 Å². The fraction of sp³-hybridized carbons (Fsp3) is 0.533. The molecule has 1 aromatic rings. The zero-order valence-corrected chi connectivity index (χ0v) is 12.3. The first-order valence-corrected chi connectivity index (χ1v) is 6.80. The largest absolute Gasteiger partial charge is 0.494 e. The van der Waals surface area contributed by atoms with Crippen molar-refractivity contribution in [3.8, 4) is 0 Å². The van der Waals surface area contributed by atoms with Crippen molar-refractivity contribution in [1.29, 1.82) is 0 Å². The molecule has 4 heteroatoms. The Bertz CT molecular complexity index is 633. The predicted octanol–water partition coefficient (Wildman–Crippen LogP) is 0.790. The molecule has 1 saturated heterocycles. The zero-order valence-electron chi connectivity index (χ0n) is 12.3. The Morgan fingerprint density at radius 2 is 1.74 bits per heavy atom. The van der Waals surface area contributed by atoms with E-state index >= 15 is 0 Å². The first-order valence-electron chi connectivity index (χ1n) is 6.80. The second-order valence-electron chi connectivity index (χ2n) is 6.46. The van der Waals surface area contributed by atoms with Crippen LogP contribution in [0.3, 0.4) is 0 Å². The highest BCUT2D eigenvalue weighted by molar-refractivity contribution is 6.62. The summed E-state index contributed by atoms with van der Waals surface area (Å²) < 4.78 is 12.1. The molecule has 0 bridgehead atoms. The molecule has 0 aliphatic carbocycles. The highest BCUT2D eigenvalue weighted by Crippen LogP contribution is 2.36. The predicted molar refractivity (Wildman–Crippen MR) is 76.9 cm³/mol. The van der Waals surface area contributed by atoms with Crippen LogP contribution in [0.1, 0.15) is 34.6 Å². The molecule has 1 aromatic carbocycles. The molecule has 0 atom stereocenters. The van der Waals surface area contributed by atoms with Gasteiger partial charge in [-0.05, 0) is 51.7 Å². The van der Waals surface area contributed by atoms with Crippen LogP contribution in [0.15, 0.2) is 23.2 Å². The van der Waals surface area contributed by atoms with Gasteiger partial charge in [0.15, 0.2) is 0 Å². The van der Waals surface area contributed by atoms with Gasteiger partial charge in [-0.2, -0.15) is 0 Å². The topological polar surface area (TPSA) is 30.8 Å². The maximum Gasteiger partial charge on any atom is 0.494 e. The lowest BCUT2D eigenvalue weighted by Crippen LogP contribution is -2.41. The monoisotopic (exact) mass is 257 g/mol. The van der Waals surface area contributed by atoms with Crippen molar-refractivity contribution >= 4 is 18.2 Å². The Hall–Kier alpha value is -1.13. The van der Waals surface area contributed by atoms with Gasteiger partial charge in [-0.3, -0.25) is 4.99 Å². The average Bonchev–Trinajstić information content (AvgIpc) is 2.78. The Labute approximate surface area is 114 Å². The Morgan fingerprint density at radius 1 is 1.11 bits per heavy atom. The minimum atomic E-state index is -0.300. The molecule has 1 fully saturated rings. The van der Waals surface area contributed by atoms with Gasteiger partial charge in [0, 0.05) is 5.22 Å². The van der Waals surface area contributed by atoms with E-state index in [9.17, 15) is 0 Å². The van der Waals surface area contributed by atoms with E-state index in [1.807, 2.05) is 0 Å². The average molecular weight is 257 g/mol. The molecule has 3 nitrogen and oxygen atoms in total. The van der Waals surface area contributed by atoms with Gasteiger partial charge in [0.1, 0.15) is 0 Å². The lowest BCUT2D eigenvalue weighted by atomic mass is 9.79. The maximum atomic E-state index is 6.07. The normalized spacial score (nSPS) is 23.4. The second-order valence-corrected chi connectivity index (χ2v) is 6.46. The van der Waals surface area contributed by atoms with Crippen LogP contribution >= 0.6 is 0 Å². The van der Waals surface area contributed by atoms with Gasteiger partial charge in [-0.1, -0.05) is 12.1 Å². The molecule has 19 heavy (non-hydrogen) atoms. The van der Waals surface area contributed by atoms with Crippen molar-refractivity contribution < 1.29 is 9.31 Å². The molecule has 100 valence electrons. The third-order valence-electron chi connectivity index (χ3n) is 4.49. The van der Waals surface area contributed by atoms with Gasteiger partial charge >= 0.3 is 7.12 Å². The van der Waals surface area contributed by atoms with Crippen molar-refractivity contribution in [3.63, 3.8) is 0 Å². The third-order valence-corrected chi connectivity index (χ3v) is 4.49. The molecule has 0 N–H and O–H groups in total. The first-order chi connectivity index (χ1) is 8.80. The summed E-state index contributed by atoms with van der Waals surface area (Å²) in [6.45, 7) is 11.2. The van der Waals surface area contributed by atoms with Crippen LogP contribution < -0.4 is 16.0 Å². The standard InChI is InChI=1S/C15H20BNO2/c1-10-9-17-13-8-11(6-7-12(10)13)16-18-14(2,3)15(4,5)19-16/h6-8H,9H2,1-5H3. The molecule has 0 saturated carbocycles. The van der Waals surface area contributed by atoms with Crippen LogP contribution in [0.4, 0.5) is 0 Å². The highest BCUT2D eigenvalue weighted by atomic mass is 16.7. The van der Waals surface area contributed by atoms with E-state index in [1.54, 1.807) is 0 Å². The van der Waals surface area contributed by atoms with Crippen LogP contribution in [0.2, 0.25) is 0 Å². The summed E-state index contributed by atoms with van der Waals surface area (Å²) in [7, 11) is -0.300. The number of rotatable bonds is 1. The zero-order chi connectivity index (χ0) is 13.8. The minimum Gasteiger partial charge on any atom is -0.399 e. The summed E-state index contributed by atoms with van der Waals surface area (Å²) in [5, 5.41) is 2.31. The molecular weight excluding hydrogens is 237 g/mol. The molecule has 0 spiro atoms. The number of benzene rings is 1. The van der Waals surface area contributed by atoms with Crippen LogP contribution in [0, 0.1) is 0 Å². The molecule has 3 rings (SSSR count). The summed E-state index contributed by atoms with van der Waals surface area (Å²) in [4.78, 5) is 4.54. The van der Waals surface area contributed by atoms with Gasteiger partial charge in [-0.15, -0.1) is 0 Å². The van der Waals surface area contributed by atoms with Crippen molar-refractivity contribution in [2.24, 2.45) is 4.99 Å².